The SMILES string of the molecule is CCCCCCCCCC/C=C\CCCCCCCCCCCCCCCCOCC(COC1OC(CO)C(O)C(O)C1O)OC(=O)CC. The van der Waals surface area contributed by atoms with E-state index in [4.69, 9.17) is 18.9 Å². The van der Waals surface area contributed by atoms with Crippen molar-refractivity contribution in [1.29, 1.82) is 0 Å². The van der Waals surface area contributed by atoms with Gasteiger partial charge in [0, 0.05) is 13.0 Å². The smallest absolute Gasteiger partial charge is 0.305 e. The van der Waals surface area contributed by atoms with Gasteiger partial charge in [0.15, 0.2) is 6.29 Å². The molecule has 4 N–H and O–H groups in total. The second-order valence-corrected chi connectivity index (χ2v) is 14.0. The summed E-state index contributed by atoms with van der Waals surface area (Å²) in [7, 11) is 0. The Kier molecular flexibility index (Phi) is 30.8. The predicted molar refractivity (Wildman–Crippen MR) is 196 cm³/mol. The van der Waals surface area contributed by atoms with E-state index in [0.29, 0.717) is 6.61 Å². The molecule has 49 heavy (non-hydrogen) atoms. The van der Waals surface area contributed by atoms with E-state index in [1.54, 1.807) is 6.92 Å². The molecule has 1 fully saturated rings. The van der Waals surface area contributed by atoms with Crippen molar-refractivity contribution in [2.75, 3.05) is 26.4 Å². The Labute approximate surface area is 299 Å². The van der Waals surface area contributed by atoms with Gasteiger partial charge in [-0.1, -0.05) is 148 Å². The second-order valence-electron chi connectivity index (χ2n) is 14.0. The second kappa shape index (κ2) is 32.8. The maximum atomic E-state index is 11.9. The van der Waals surface area contributed by atoms with Crippen molar-refractivity contribution in [1.82, 2.24) is 0 Å². The van der Waals surface area contributed by atoms with Gasteiger partial charge in [0.05, 0.1) is 19.8 Å². The van der Waals surface area contributed by atoms with Gasteiger partial charge in [0.1, 0.15) is 30.5 Å². The molecule has 0 aromatic heterocycles. The Morgan fingerprint density at radius 3 is 1.57 bits per heavy atom. The number of aliphatic hydroxyl groups is 4. The molecule has 0 aromatic carbocycles. The maximum absolute atomic E-state index is 11.9. The summed E-state index contributed by atoms with van der Waals surface area (Å²) in [6.45, 7) is 4.01. The number of aliphatic hydroxyl groups excluding tert-OH is 4. The van der Waals surface area contributed by atoms with Crippen LogP contribution in [-0.4, -0.2) is 89.6 Å². The third-order valence-electron chi connectivity index (χ3n) is 9.49. The van der Waals surface area contributed by atoms with E-state index < -0.39 is 49.4 Å². The first-order valence-electron chi connectivity index (χ1n) is 20.3. The number of carbonyl (C=O) groups excluding carboxylic acids is 1. The number of esters is 1. The lowest BCUT2D eigenvalue weighted by Crippen LogP contribution is -2.59. The normalized spacial score (nSPS) is 21.8. The average Bonchev–Trinajstić information content (AvgIpc) is 3.11. The topological polar surface area (TPSA) is 135 Å². The van der Waals surface area contributed by atoms with Crippen LogP contribution in [0, 0.1) is 0 Å². The minimum atomic E-state index is -1.53. The molecule has 0 aromatic rings. The minimum Gasteiger partial charge on any atom is -0.457 e. The van der Waals surface area contributed by atoms with Gasteiger partial charge in [-0.3, -0.25) is 4.79 Å². The summed E-state index contributed by atoms with van der Waals surface area (Å²) in [4.78, 5) is 11.9. The zero-order chi connectivity index (χ0) is 35.8. The third kappa shape index (κ3) is 24.7. The Balaban J connectivity index is 1.92. The molecule has 0 saturated carbocycles. The number of unbranched alkanes of at least 4 members (excludes halogenated alkanes) is 22. The van der Waals surface area contributed by atoms with E-state index in [-0.39, 0.29) is 19.6 Å². The molecule has 6 atom stereocenters. The molecule has 1 rings (SSSR count). The first kappa shape index (κ1) is 46.0. The van der Waals surface area contributed by atoms with Crippen LogP contribution in [0.5, 0.6) is 0 Å². The molecule has 9 nitrogen and oxygen atoms in total. The monoisotopic (exact) mass is 701 g/mol. The number of hydrogen-bond acceptors (Lipinski definition) is 9. The van der Waals surface area contributed by atoms with E-state index in [1.807, 2.05) is 0 Å². The van der Waals surface area contributed by atoms with Gasteiger partial charge in [-0.25, -0.2) is 0 Å². The lowest BCUT2D eigenvalue weighted by Gasteiger charge is -2.39. The Morgan fingerprint density at radius 1 is 0.633 bits per heavy atom. The highest BCUT2D eigenvalue weighted by atomic mass is 16.7. The van der Waals surface area contributed by atoms with Gasteiger partial charge < -0.3 is 39.4 Å². The number of rotatable bonds is 34. The Morgan fingerprint density at radius 2 is 1.10 bits per heavy atom. The highest BCUT2D eigenvalue weighted by molar-refractivity contribution is 5.69. The molecule has 1 saturated heterocycles. The number of allylic oxidation sites excluding steroid dienone is 2. The summed E-state index contributed by atoms with van der Waals surface area (Å²) in [5.74, 6) is -0.399. The molecular formula is C40H76O9. The molecule has 9 heteroatoms. The summed E-state index contributed by atoms with van der Waals surface area (Å²) in [5.41, 5.74) is 0. The molecule has 0 spiro atoms. The van der Waals surface area contributed by atoms with Crippen molar-refractivity contribution in [3.63, 3.8) is 0 Å². The van der Waals surface area contributed by atoms with Crippen molar-refractivity contribution >= 4 is 5.97 Å². The van der Waals surface area contributed by atoms with E-state index in [9.17, 15) is 25.2 Å². The van der Waals surface area contributed by atoms with Crippen LogP contribution in [0.1, 0.15) is 174 Å². The van der Waals surface area contributed by atoms with Crippen LogP contribution in [0.3, 0.4) is 0 Å². The highest BCUT2D eigenvalue weighted by Crippen LogP contribution is 2.22. The number of carbonyl (C=O) groups is 1. The van der Waals surface area contributed by atoms with Crippen LogP contribution in [-0.2, 0) is 23.7 Å². The summed E-state index contributed by atoms with van der Waals surface area (Å²) in [5, 5.41) is 39.4. The van der Waals surface area contributed by atoms with Crippen LogP contribution in [0.2, 0.25) is 0 Å². The Hall–Kier alpha value is -1.07. The fourth-order valence-corrected chi connectivity index (χ4v) is 6.23. The van der Waals surface area contributed by atoms with Gasteiger partial charge in [-0.15, -0.1) is 0 Å². The molecule has 6 unspecified atom stereocenters. The van der Waals surface area contributed by atoms with Crippen LogP contribution in [0.4, 0.5) is 0 Å². The molecular weight excluding hydrogens is 624 g/mol. The van der Waals surface area contributed by atoms with Crippen LogP contribution >= 0.6 is 0 Å². The molecule has 0 amide bonds. The molecule has 0 bridgehead atoms. The van der Waals surface area contributed by atoms with Crippen molar-refractivity contribution in [2.45, 2.75) is 211 Å². The summed E-state index contributed by atoms with van der Waals surface area (Å²) in [6.07, 6.45) is 29.2. The predicted octanol–water partition coefficient (Wildman–Crippen LogP) is 8.08. The lowest BCUT2D eigenvalue weighted by atomic mass is 9.99. The van der Waals surface area contributed by atoms with E-state index in [1.165, 1.54) is 141 Å². The van der Waals surface area contributed by atoms with Crippen molar-refractivity contribution in [3.8, 4) is 0 Å². The maximum Gasteiger partial charge on any atom is 0.305 e. The van der Waals surface area contributed by atoms with Crippen molar-refractivity contribution in [2.24, 2.45) is 0 Å². The standard InChI is InChI=1S/C40H76O9/c1-3-5-6-7-8-9-10-11-12-13-14-15-16-17-18-19-20-21-22-23-24-25-26-27-28-29-30-46-32-34(48-36(42)4-2)33-47-40-39(45)38(44)37(43)35(31-41)49-40/h13-14,34-35,37-41,43-45H,3-12,15-33H2,1-2H3/b14-13-. The molecule has 0 radical (unpaired) electrons. The fourth-order valence-electron chi connectivity index (χ4n) is 6.23. The van der Waals surface area contributed by atoms with E-state index in [0.717, 1.165) is 12.8 Å². The first-order valence-corrected chi connectivity index (χ1v) is 20.3. The van der Waals surface area contributed by atoms with Crippen molar-refractivity contribution in [3.05, 3.63) is 12.2 Å². The molecule has 0 aliphatic carbocycles. The zero-order valence-electron chi connectivity index (χ0n) is 31.5. The van der Waals surface area contributed by atoms with Crippen LogP contribution in [0.25, 0.3) is 0 Å². The van der Waals surface area contributed by atoms with Crippen LogP contribution < -0.4 is 0 Å². The molecule has 1 heterocycles. The molecule has 290 valence electrons. The fraction of sp³-hybridized carbons (Fsp3) is 0.925. The minimum absolute atomic E-state index is 0.119. The van der Waals surface area contributed by atoms with Crippen LogP contribution in [0.15, 0.2) is 12.2 Å². The number of ether oxygens (including phenoxy) is 4. The van der Waals surface area contributed by atoms with Gasteiger partial charge >= 0.3 is 5.97 Å². The van der Waals surface area contributed by atoms with Gasteiger partial charge in [0.25, 0.3) is 0 Å². The van der Waals surface area contributed by atoms with E-state index >= 15 is 0 Å². The zero-order valence-corrected chi connectivity index (χ0v) is 31.5. The van der Waals surface area contributed by atoms with E-state index in [2.05, 4.69) is 19.1 Å². The summed E-state index contributed by atoms with van der Waals surface area (Å²) < 4.78 is 22.1. The Bertz CT molecular complexity index is 762. The van der Waals surface area contributed by atoms with Gasteiger partial charge in [-0.05, 0) is 32.1 Å². The summed E-state index contributed by atoms with van der Waals surface area (Å²) >= 11 is 0. The largest absolute Gasteiger partial charge is 0.457 e. The van der Waals surface area contributed by atoms with Crippen molar-refractivity contribution < 1.29 is 44.2 Å². The quantitative estimate of drug-likeness (QED) is 0.0299. The average molecular weight is 701 g/mol. The number of hydrogen-bond donors (Lipinski definition) is 4. The molecule has 1 aliphatic rings. The highest BCUT2D eigenvalue weighted by Gasteiger charge is 2.44. The van der Waals surface area contributed by atoms with Gasteiger partial charge in [0.2, 0.25) is 0 Å². The molecule has 1 aliphatic heterocycles. The first-order chi connectivity index (χ1) is 23.9. The third-order valence-corrected chi connectivity index (χ3v) is 9.49. The lowest BCUT2D eigenvalue weighted by molar-refractivity contribution is -0.305. The van der Waals surface area contributed by atoms with Gasteiger partial charge in [-0.2, -0.15) is 0 Å². The summed E-state index contributed by atoms with van der Waals surface area (Å²) in [6, 6.07) is 0.